The van der Waals surface area contributed by atoms with Gasteiger partial charge in [-0.2, -0.15) is 0 Å². The van der Waals surface area contributed by atoms with Crippen LogP contribution >= 0.6 is 0 Å². The lowest BCUT2D eigenvalue weighted by Crippen LogP contribution is -1.96. The van der Waals surface area contributed by atoms with E-state index in [1.807, 2.05) is 6.07 Å². The second kappa shape index (κ2) is 29.0. The smallest absolute Gasteiger partial charge is 0.160 e. The van der Waals surface area contributed by atoms with E-state index >= 15 is 0 Å². The van der Waals surface area contributed by atoms with E-state index in [1.165, 1.54) is 126 Å². The van der Waals surface area contributed by atoms with Gasteiger partial charge in [0.05, 0.1) is 66.9 Å². The summed E-state index contributed by atoms with van der Waals surface area (Å²) in [5.41, 5.74) is 30.2. The van der Waals surface area contributed by atoms with E-state index in [4.69, 9.17) is 15.0 Å². The normalized spacial score (nSPS) is 11.7. The van der Waals surface area contributed by atoms with E-state index in [1.54, 1.807) is 0 Å². The fourth-order valence-corrected chi connectivity index (χ4v) is 18.4. The molecule has 0 aliphatic carbocycles. The van der Waals surface area contributed by atoms with Crippen LogP contribution in [-0.2, 0) is 0 Å². The zero-order valence-electron chi connectivity index (χ0n) is 65.3. The SMILES string of the molecule is c1ccc(-c2cc(-c3ccc(-c4ccc(-n5c6ccccc6c6cc7c(cc65)c5ccccc5n7-c5ccccc5)cc4)cc3)cc(-c3cccc4ccccc34)n2)cc1.c1ccc(-c2cc(-c3cccc4ccccc34)nc(-c3ccc(-c4ccc(-n5c6ccccc6c6cc7c(cc65)c5ccccc5n7-c5ccccc5)cc4)cc3)n2)cc1. The minimum Gasteiger partial charge on any atom is -0.309 e. The van der Waals surface area contributed by atoms with Crippen molar-refractivity contribution in [1.29, 1.82) is 0 Å². The third kappa shape index (κ3) is 12.0. The van der Waals surface area contributed by atoms with Crippen molar-refractivity contribution in [3.05, 3.63) is 443 Å². The molecule has 0 bridgehead atoms. The largest absolute Gasteiger partial charge is 0.309 e. The Morgan fingerprint density at radius 1 is 0.142 bits per heavy atom. The van der Waals surface area contributed by atoms with Crippen molar-refractivity contribution in [1.82, 2.24) is 33.2 Å². The lowest BCUT2D eigenvalue weighted by molar-refractivity contribution is 1.17. The average molecular weight is 1530 g/mol. The highest BCUT2D eigenvalue weighted by Crippen LogP contribution is 2.44. The Morgan fingerprint density at radius 3 is 0.792 bits per heavy atom. The van der Waals surface area contributed by atoms with E-state index in [2.05, 4.69) is 455 Å². The molecule has 0 radical (unpaired) electrons. The molecule has 18 aromatic carbocycles. The molecule has 0 spiro atoms. The monoisotopic (exact) mass is 1530 g/mol. The third-order valence-electron chi connectivity index (χ3n) is 24.1. The molecule has 0 saturated heterocycles. The second-order valence-electron chi connectivity index (χ2n) is 31.0. The number of para-hydroxylation sites is 6. The van der Waals surface area contributed by atoms with Crippen LogP contribution in [0.3, 0.4) is 0 Å². The molecule has 0 saturated carbocycles. The predicted molar refractivity (Wildman–Crippen MR) is 502 cm³/mol. The maximum Gasteiger partial charge on any atom is 0.160 e. The van der Waals surface area contributed by atoms with Gasteiger partial charge in [-0.3, -0.25) is 0 Å². The van der Waals surface area contributed by atoms with Crippen molar-refractivity contribution in [2.24, 2.45) is 0 Å². The minimum absolute atomic E-state index is 0.702. The molecule has 0 aliphatic rings. The fourth-order valence-electron chi connectivity index (χ4n) is 18.4. The van der Waals surface area contributed by atoms with Gasteiger partial charge in [-0.25, -0.2) is 15.0 Å². The number of pyridine rings is 1. The minimum atomic E-state index is 0.702. The summed E-state index contributed by atoms with van der Waals surface area (Å²) in [6, 6.07) is 159. The number of hydrogen-bond acceptors (Lipinski definition) is 3. The number of nitrogens with zero attached hydrogens (tertiary/aromatic N) is 7. The van der Waals surface area contributed by atoms with Crippen molar-refractivity contribution in [2.45, 2.75) is 0 Å². The van der Waals surface area contributed by atoms with E-state index in [9.17, 15) is 0 Å². The van der Waals surface area contributed by atoms with Gasteiger partial charge in [-0.05, 0) is 170 Å². The van der Waals surface area contributed by atoms with Crippen LogP contribution in [0, 0.1) is 0 Å². The van der Waals surface area contributed by atoms with Gasteiger partial charge in [0.1, 0.15) is 0 Å². The van der Waals surface area contributed by atoms with E-state index in [0.717, 1.165) is 89.9 Å². The maximum absolute atomic E-state index is 5.22. The summed E-state index contributed by atoms with van der Waals surface area (Å²) in [7, 11) is 0. The highest BCUT2D eigenvalue weighted by Gasteiger charge is 2.23. The Labute approximate surface area is 692 Å². The van der Waals surface area contributed by atoms with Crippen molar-refractivity contribution in [3.8, 4) is 113 Å². The summed E-state index contributed by atoms with van der Waals surface area (Å²) in [5, 5.41) is 14.7. The predicted octanol–water partition coefficient (Wildman–Crippen LogP) is 29.6. The summed E-state index contributed by atoms with van der Waals surface area (Å²) in [6.45, 7) is 0. The van der Waals surface area contributed by atoms with Gasteiger partial charge in [0, 0.05) is 93.7 Å². The highest BCUT2D eigenvalue weighted by molar-refractivity contribution is 6.21. The van der Waals surface area contributed by atoms with Crippen LogP contribution < -0.4 is 0 Å². The molecule has 24 aromatic rings. The Kier molecular flexibility index (Phi) is 16.8. The Bertz CT molecular complexity index is 7590. The first kappa shape index (κ1) is 69.4. The molecule has 7 nitrogen and oxygen atoms in total. The summed E-state index contributed by atoms with van der Waals surface area (Å²) >= 11 is 0. The van der Waals surface area contributed by atoms with E-state index in [-0.39, 0.29) is 0 Å². The molecule has 0 amide bonds. The summed E-state index contributed by atoms with van der Waals surface area (Å²) in [6.07, 6.45) is 0. The van der Waals surface area contributed by atoms with E-state index in [0.29, 0.717) is 5.82 Å². The van der Waals surface area contributed by atoms with Crippen molar-refractivity contribution >= 4 is 109 Å². The molecular formula is C113H73N7. The van der Waals surface area contributed by atoms with Gasteiger partial charge in [0.25, 0.3) is 0 Å². The van der Waals surface area contributed by atoms with Gasteiger partial charge >= 0.3 is 0 Å². The number of aromatic nitrogens is 7. The number of fused-ring (bicyclic) bond motifs is 14. The molecule has 0 fully saturated rings. The van der Waals surface area contributed by atoms with Crippen LogP contribution in [-0.4, -0.2) is 33.2 Å². The lowest BCUT2D eigenvalue weighted by Gasteiger charge is -2.13. The van der Waals surface area contributed by atoms with Gasteiger partial charge in [-0.1, -0.05) is 328 Å². The molecular weight excluding hydrogens is 1460 g/mol. The van der Waals surface area contributed by atoms with Gasteiger partial charge in [0.2, 0.25) is 0 Å². The van der Waals surface area contributed by atoms with Gasteiger partial charge in [-0.15, -0.1) is 0 Å². The highest BCUT2D eigenvalue weighted by atomic mass is 15.0. The maximum atomic E-state index is 5.22. The Morgan fingerprint density at radius 2 is 0.408 bits per heavy atom. The van der Waals surface area contributed by atoms with Crippen molar-refractivity contribution in [3.63, 3.8) is 0 Å². The van der Waals surface area contributed by atoms with Crippen LogP contribution in [0.5, 0.6) is 0 Å². The van der Waals surface area contributed by atoms with Crippen LogP contribution in [0.25, 0.3) is 221 Å². The Balaban J connectivity index is 0.000000140. The summed E-state index contributed by atoms with van der Waals surface area (Å²) < 4.78 is 9.63. The third-order valence-corrected chi connectivity index (χ3v) is 24.1. The van der Waals surface area contributed by atoms with Crippen LogP contribution in [0.1, 0.15) is 0 Å². The molecule has 7 heteroatoms. The molecule has 0 atom stereocenters. The first-order chi connectivity index (χ1) is 59.5. The fraction of sp³-hybridized carbons (Fsp3) is 0. The molecule has 0 aliphatic heterocycles. The first-order valence-corrected chi connectivity index (χ1v) is 40.9. The zero-order chi connectivity index (χ0) is 79.1. The quantitative estimate of drug-likeness (QED) is 0.122. The number of hydrogen-bond donors (Lipinski definition) is 0. The molecule has 0 unspecified atom stereocenters. The summed E-state index contributed by atoms with van der Waals surface area (Å²) in [5.74, 6) is 0.702. The van der Waals surface area contributed by atoms with Gasteiger partial charge in [0.15, 0.2) is 5.82 Å². The standard InChI is InChI=1S/C57H37N3.C56H36N4/c1-3-15-42(16-4-1)52-34-43(35-53(58-52)47-23-13-17-41-14-7-8-20-46(41)47)40-28-26-38(27-29-40)39-30-32-45(33-31-39)60-55-25-12-10-22-49(55)51-36-56-50(37-57(51)60)48-21-9-11-24-54(48)59(56)44-18-5-2-6-19-44;1-3-15-40(16-4-1)50-36-51(45-23-13-17-39-14-7-8-20-44(39)45)58-56(57-50)41-28-26-37(27-29-41)38-30-32-43(33-31-38)60-53-25-12-10-22-47(53)49-34-54-48(35-55(49)60)46-21-9-11-24-52(46)59(54)42-18-5-2-6-19-42/h1-37H;1-36H. The molecule has 6 aromatic heterocycles. The second-order valence-corrected chi connectivity index (χ2v) is 31.0. The van der Waals surface area contributed by atoms with Crippen LogP contribution in [0.4, 0.5) is 0 Å². The summed E-state index contributed by atoms with van der Waals surface area (Å²) in [4.78, 5) is 15.5. The van der Waals surface area contributed by atoms with Crippen molar-refractivity contribution in [2.75, 3.05) is 0 Å². The molecule has 6 heterocycles. The lowest BCUT2D eigenvalue weighted by atomic mass is 9.96. The van der Waals surface area contributed by atoms with E-state index < -0.39 is 0 Å². The molecule has 120 heavy (non-hydrogen) atoms. The zero-order valence-corrected chi connectivity index (χ0v) is 65.3. The van der Waals surface area contributed by atoms with Crippen molar-refractivity contribution < 1.29 is 0 Å². The van der Waals surface area contributed by atoms with Gasteiger partial charge < -0.3 is 18.3 Å². The number of rotatable bonds is 12. The Hall–Kier alpha value is -16.1. The molecule has 560 valence electrons. The van der Waals surface area contributed by atoms with Crippen LogP contribution in [0.15, 0.2) is 443 Å². The molecule has 24 rings (SSSR count). The first-order valence-electron chi connectivity index (χ1n) is 40.9. The van der Waals surface area contributed by atoms with Crippen LogP contribution in [0.2, 0.25) is 0 Å². The topological polar surface area (TPSA) is 58.4 Å². The molecule has 0 N–H and O–H groups in total. The number of benzene rings is 18. The average Bonchev–Trinajstić information content (AvgIpc) is 1.54.